The van der Waals surface area contributed by atoms with Gasteiger partial charge in [-0.2, -0.15) is 0 Å². The van der Waals surface area contributed by atoms with Crippen molar-refractivity contribution < 1.29 is 4.74 Å². The van der Waals surface area contributed by atoms with Gasteiger partial charge in [-0.1, -0.05) is 25.1 Å². The van der Waals surface area contributed by atoms with E-state index < -0.39 is 0 Å². The van der Waals surface area contributed by atoms with Crippen LogP contribution in [0.5, 0.6) is 5.75 Å². The molecule has 0 spiro atoms. The maximum absolute atomic E-state index is 5.63. The number of aryl methyl sites for hydroxylation is 1. The molecule has 0 atom stereocenters. The molecule has 0 bridgehead atoms. The minimum Gasteiger partial charge on any atom is -0.493 e. The Kier molecular flexibility index (Phi) is 5.04. The molecule has 0 aliphatic carbocycles. The van der Waals surface area contributed by atoms with Gasteiger partial charge in [0.2, 0.25) is 0 Å². The van der Waals surface area contributed by atoms with Gasteiger partial charge in [0.15, 0.2) is 0 Å². The van der Waals surface area contributed by atoms with Crippen molar-refractivity contribution >= 4 is 0 Å². The van der Waals surface area contributed by atoms with E-state index in [-0.39, 0.29) is 0 Å². The van der Waals surface area contributed by atoms with Gasteiger partial charge in [0.1, 0.15) is 5.75 Å². The van der Waals surface area contributed by atoms with Crippen LogP contribution >= 0.6 is 0 Å². The number of para-hydroxylation sites is 1. The second-order valence-corrected chi connectivity index (χ2v) is 3.12. The van der Waals surface area contributed by atoms with Crippen LogP contribution in [0.15, 0.2) is 24.3 Å². The zero-order valence-electron chi connectivity index (χ0n) is 8.62. The summed E-state index contributed by atoms with van der Waals surface area (Å²) in [7, 11) is 0. The van der Waals surface area contributed by atoms with E-state index in [4.69, 9.17) is 10.6 Å². The summed E-state index contributed by atoms with van der Waals surface area (Å²) >= 11 is 0. The van der Waals surface area contributed by atoms with Crippen molar-refractivity contribution in [2.75, 3.05) is 13.2 Å². The standard InChI is InChI=1S/C11H18N2O/c1-2-10-6-3-4-7-11(10)14-9-5-8-13-12/h3-4,6-7,13H,2,5,8-9,12H2,1H3. The first-order valence-electron chi connectivity index (χ1n) is 5.02. The molecule has 0 aliphatic heterocycles. The molecule has 14 heavy (non-hydrogen) atoms. The summed E-state index contributed by atoms with van der Waals surface area (Å²) < 4.78 is 5.63. The summed E-state index contributed by atoms with van der Waals surface area (Å²) in [5, 5.41) is 0. The third kappa shape index (κ3) is 3.36. The summed E-state index contributed by atoms with van der Waals surface area (Å²) in [5.74, 6) is 6.15. The van der Waals surface area contributed by atoms with Gasteiger partial charge >= 0.3 is 0 Å². The van der Waals surface area contributed by atoms with Crippen LogP contribution in [0.4, 0.5) is 0 Å². The molecule has 3 nitrogen and oxygen atoms in total. The van der Waals surface area contributed by atoms with Crippen LogP contribution in [0.3, 0.4) is 0 Å². The molecule has 0 aromatic heterocycles. The zero-order valence-corrected chi connectivity index (χ0v) is 8.62. The lowest BCUT2D eigenvalue weighted by molar-refractivity contribution is 0.306. The van der Waals surface area contributed by atoms with E-state index in [1.165, 1.54) is 5.56 Å². The van der Waals surface area contributed by atoms with Crippen LogP contribution in [0.25, 0.3) is 0 Å². The fourth-order valence-corrected chi connectivity index (χ4v) is 1.29. The summed E-state index contributed by atoms with van der Waals surface area (Å²) in [6, 6.07) is 8.13. The highest BCUT2D eigenvalue weighted by Gasteiger charge is 1.99. The van der Waals surface area contributed by atoms with Gasteiger partial charge in [-0.3, -0.25) is 11.3 Å². The van der Waals surface area contributed by atoms with E-state index in [1.54, 1.807) is 0 Å². The number of rotatable bonds is 6. The molecule has 3 heteroatoms. The van der Waals surface area contributed by atoms with E-state index in [0.717, 1.165) is 25.1 Å². The first-order valence-corrected chi connectivity index (χ1v) is 5.02. The molecular formula is C11H18N2O. The molecule has 0 fully saturated rings. The minimum atomic E-state index is 0.710. The second kappa shape index (κ2) is 6.40. The van der Waals surface area contributed by atoms with Crippen LogP contribution in [-0.4, -0.2) is 13.2 Å². The average Bonchev–Trinajstić information content (AvgIpc) is 2.25. The highest BCUT2D eigenvalue weighted by atomic mass is 16.5. The van der Waals surface area contributed by atoms with E-state index in [2.05, 4.69) is 18.4 Å². The fourth-order valence-electron chi connectivity index (χ4n) is 1.29. The lowest BCUT2D eigenvalue weighted by Crippen LogP contribution is -2.24. The third-order valence-electron chi connectivity index (χ3n) is 2.08. The van der Waals surface area contributed by atoms with Crippen molar-refractivity contribution in [3.8, 4) is 5.75 Å². The largest absolute Gasteiger partial charge is 0.493 e. The summed E-state index contributed by atoms with van der Waals surface area (Å²) in [4.78, 5) is 0. The Balaban J connectivity index is 2.41. The SMILES string of the molecule is CCc1ccccc1OCCCNN. The number of nitrogens with two attached hydrogens (primary N) is 1. The highest BCUT2D eigenvalue weighted by Crippen LogP contribution is 2.18. The van der Waals surface area contributed by atoms with Crippen molar-refractivity contribution in [2.24, 2.45) is 5.84 Å². The summed E-state index contributed by atoms with van der Waals surface area (Å²) in [5.41, 5.74) is 3.86. The molecule has 0 saturated heterocycles. The third-order valence-corrected chi connectivity index (χ3v) is 2.08. The Morgan fingerprint density at radius 3 is 2.86 bits per heavy atom. The Morgan fingerprint density at radius 1 is 1.36 bits per heavy atom. The van der Waals surface area contributed by atoms with Crippen LogP contribution in [0.2, 0.25) is 0 Å². The first-order chi connectivity index (χ1) is 6.88. The van der Waals surface area contributed by atoms with Gasteiger partial charge in [-0.15, -0.1) is 0 Å². The minimum absolute atomic E-state index is 0.710. The number of nitrogens with one attached hydrogen (secondary N) is 1. The van der Waals surface area contributed by atoms with Crippen molar-refractivity contribution in [2.45, 2.75) is 19.8 Å². The number of hydrogen-bond donors (Lipinski definition) is 2. The van der Waals surface area contributed by atoms with Gasteiger partial charge in [0, 0.05) is 6.54 Å². The molecular weight excluding hydrogens is 176 g/mol. The molecule has 3 N–H and O–H groups in total. The number of benzene rings is 1. The lowest BCUT2D eigenvalue weighted by atomic mass is 10.1. The topological polar surface area (TPSA) is 47.3 Å². The molecule has 0 unspecified atom stereocenters. The summed E-state index contributed by atoms with van der Waals surface area (Å²) in [6.45, 7) is 3.62. The molecule has 78 valence electrons. The van der Waals surface area contributed by atoms with Crippen molar-refractivity contribution in [1.29, 1.82) is 0 Å². The zero-order chi connectivity index (χ0) is 10.2. The monoisotopic (exact) mass is 194 g/mol. The van der Waals surface area contributed by atoms with Crippen molar-refractivity contribution in [3.63, 3.8) is 0 Å². The molecule has 1 rings (SSSR count). The molecule has 0 saturated carbocycles. The second-order valence-electron chi connectivity index (χ2n) is 3.12. The van der Waals surface area contributed by atoms with Gasteiger partial charge in [-0.05, 0) is 24.5 Å². The van der Waals surface area contributed by atoms with Gasteiger partial charge in [0.05, 0.1) is 6.61 Å². The van der Waals surface area contributed by atoms with Crippen LogP contribution in [-0.2, 0) is 6.42 Å². The normalized spacial score (nSPS) is 10.1. The Morgan fingerprint density at radius 2 is 2.14 bits per heavy atom. The van der Waals surface area contributed by atoms with Crippen LogP contribution in [0, 0.1) is 0 Å². The quantitative estimate of drug-likeness (QED) is 0.409. The van der Waals surface area contributed by atoms with Crippen LogP contribution < -0.4 is 16.0 Å². The predicted molar refractivity (Wildman–Crippen MR) is 58.1 cm³/mol. The van der Waals surface area contributed by atoms with E-state index in [1.807, 2.05) is 18.2 Å². The Bertz CT molecular complexity index is 263. The Labute approximate surface area is 85.2 Å². The summed E-state index contributed by atoms with van der Waals surface area (Å²) in [6.07, 6.45) is 1.93. The molecule has 0 aliphatic rings. The number of ether oxygens (including phenoxy) is 1. The molecule has 0 amide bonds. The van der Waals surface area contributed by atoms with E-state index in [0.29, 0.717) is 6.61 Å². The maximum Gasteiger partial charge on any atom is 0.122 e. The number of hydrogen-bond acceptors (Lipinski definition) is 3. The van der Waals surface area contributed by atoms with Gasteiger partial charge in [-0.25, -0.2) is 0 Å². The van der Waals surface area contributed by atoms with E-state index in [9.17, 15) is 0 Å². The highest BCUT2D eigenvalue weighted by molar-refractivity contribution is 5.33. The smallest absolute Gasteiger partial charge is 0.122 e. The predicted octanol–water partition coefficient (Wildman–Crippen LogP) is 1.48. The van der Waals surface area contributed by atoms with Crippen molar-refractivity contribution in [3.05, 3.63) is 29.8 Å². The maximum atomic E-state index is 5.63. The number of hydrazine groups is 1. The Hall–Kier alpha value is -1.06. The first kappa shape index (κ1) is 11.0. The van der Waals surface area contributed by atoms with Gasteiger partial charge < -0.3 is 4.74 Å². The van der Waals surface area contributed by atoms with Gasteiger partial charge in [0.25, 0.3) is 0 Å². The fraction of sp³-hybridized carbons (Fsp3) is 0.455. The van der Waals surface area contributed by atoms with Crippen molar-refractivity contribution in [1.82, 2.24) is 5.43 Å². The molecule has 1 aromatic rings. The lowest BCUT2D eigenvalue weighted by Gasteiger charge is -2.09. The molecule has 1 aromatic carbocycles. The molecule has 0 heterocycles. The van der Waals surface area contributed by atoms with Crippen LogP contribution in [0.1, 0.15) is 18.9 Å². The van der Waals surface area contributed by atoms with E-state index >= 15 is 0 Å². The average molecular weight is 194 g/mol. The molecule has 0 radical (unpaired) electrons.